The Morgan fingerprint density at radius 2 is 2.07 bits per heavy atom. The maximum Gasteiger partial charge on any atom is 0.416 e. The summed E-state index contributed by atoms with van der Waals surface area (Å²) in [5.41, 5.74) is 2.14. The summed E-state index contributed by atoms with van der Waals surface area (Å²) in [5.74, 6) is -0.0340. The van der Waals surface area contributed by atoms with Crippen molar-refractivity contribution in [1.82, 2.24) is 10.7 Å². The number of amidine groups is 1. The number of ether oxygens (including phenoxy) is 1. The number of nitrogens with one attached hydrogen (secondary N) is 2. The smallest absolute Gasteiger partial charge is 0.416 e. The van der Waals surface area contributed by atoms with Crippen molar-refractivity contribution in [3.63, 3.8) is 0 Å². The van der Waals surface area contributed by atoms with Crippen LogP contribution in [0.4, 0.5) is 18.9 Å². The molecule has 1 fully saturated rings. The number of alkyl halides is 3. The van der Waals surface area contributed by atoms with Crippen molar-refractivity contribution < 1.29 is 22.7 Å². The molecule has 0 spiro atoms. The van der Waals surface area contributed by atoms with Crippen molar-refractivity contribution in [2.75, 3.05) is 24.6 Å². The zero-order chi connectivity index (χ0) is 19.6. The van der Waals surface area contributed by atoms with Crippen molar-refractivity contribution in [1.29, 1.82) is 0 Å². The molecule has 0 bridgehead atoms. The van der Waals surface area contributed by atoms with Crippen LogP contribution < -0.4 is 20.4 Å². The minimum atomic E-state index is -4.49. The van der Waals surface area contributed by atoms with E-state index in [-0.39, 0.29) is 35.2 Å². The van der Waals surface area contributed by atoms with E-state index in [9.17, 15) is 18.0 Å². The van der Waals surface area contributed by atoms with Crippen LogP contribution in [-0.2, 0) is 11.0 Å². The standard InChI is InChI=1S/C18H21F3N4O2/c1-9(17(3)7-22-8-17)11-4-13-14(5-12(11)18(19,20)21)27-6-15-23-24-16(26)10(2)25(13)15/h4-5,9-10,22H,6-8H2,1-3H3,(H,24,26). The van der Waals surface area contributed by atoms with Crippen LogP contribution in [0, 0.1) is 5.41 Å². The number of amides is 1. The van der Waals surface area contributed by atoms with E-state index in [4.69, 9.17) is 4.74 Å². The number of fused-ring (bicyclic) bond motifs is 3. The fourth-order valence-corrected chi connectivity index (χ4v) is 3.89. The number of carbonyl (C=O) groups excluding carboxylic acids is 1. The SMILES string of the molecule is CC1C(=O)NN=C2COc3cc(C(F)(F)F)c(C(C)C4(C)CNC4)cc3N21. The lowest BCUT2D eigenvalue weighted by Gasteiger charge is -2.46. The Balaban J connectivity index is 1.87. The van der Waals surface area contributed by atoms with Gasteiger partial charge in [-0.3, -0.25) is 4.79 Å². The molecule has 2 N–H and O–H groups in total. The van der Waals surface area contributed by atoms with Crippen LogP contribution in [0.5, 0.6) is 5.75 Å². The van der Waals surface area contributed by atoms with E-state index in [2.05, 4.69) is 15.8 Å². The number of hydrogen-bond donors (Lipinski definition) is 2. The lowest BCUT2D eigenvalue weighted by atomic mass is 9.69. The van der Waals surface area contributed by atoms with Gasteiger partial charge in [0, 0.05) is 13.1 Å². The Labute approximate surface area is 154 Å². The number of hydrogen-bond acceptors (Lipinski definition) is 5. The molecule has 1 amide bonds. The van der Waals surface area contributed by atoms with Gasteiger partial charge < -0.3 is 15.0 Å². The zero-order valence-electron chi connectivity index (χ0n) is 15.3. The zero-order valence-corrected chi connectivity index (χ0v) is 15.3. The van der Waals surface area contributed by atoms with E-state index in [1.165, 1.54) is 6.07 Å². The minimum absolute atomic E-state index is 0.00541. The summed E-state index contributed by atoms with van der Waals surface area (Å²) >= 11 is 0. The van der Waals surface area contributed by atoms with Gasteiger partial charge in [-0.1, -0.05) is 13.8 Å². The molecule has 1 aromatic carbocycles. The first-order chi connectivity index (χ1) is 12.6. The molecule has 3 heterocycles. The van der Waals surface area contributed by atoms with Gasteiger partial charge in [-0.05, 0) is 36.0 Å². The molecule has 4 rings (SSSR count). The van der Waals surface area contributed by atoms with Gasteiger partial charge in [-0.2, -0.15) is 18.3 Å². The molecule has 6 nitrogen and oxygen atoms in total. The molecule has 27 heavy (non-hydrogen) atoms. The highest BCUT2D eigenvalue weighted by Gasteiger charge is 2.45. The molecule has 2 atom stereocenters. The molecule has 0 aliphatic carbocycles. The second-order valence-electron chi connectivity index (χ2n) is 7.72. The fraction of sp³-hybridized carbons (Fsp3) is 0.556. The van der Waals surface area contributed by atoms with E-state index in [1.54, 1.807) is 11.8 Å². The highest BCUT2D eigenvalue weighted by Crippen LogP contribution is 2.48. The normalized spacial score (nSPS) is 24.7. The van der Waals surface area contributed by atoms with Gasteiger partial charge in [-0.15, -0.1) is 0 Å². The number of carbonyl (C=O) groups is 1. The van der Waals surface area contributed by atoms with Crippen molar-refractivity contribution in [2.45, 2.75) is 38.9 Å². The third-order valence-electron chi connectivity index (χ3n) is 5.96. The van der Waals surface area contributed by atoms with Gasteiger partial charge in [0.25, 0.3) is 5.91 Å². The molecular formula is C18H21F3N4O2. The number of nitrogens with zero attached hydrogens (tertiary/aromatic N) is 2. The quantitative estimate of drug-likeness (QED) is 0.825. The lowest BCUT2D eigenvalue weighted by molar-refractivity contribution is -0.138. The molecule has 3 aliphatic heterocycles. The average Bonchev–Trinajstić information content (AvgIpc) is 2.59. The molecule has 9 heteroatoms. The van der Waals surface area contributed by atoms with E-state index in [0.717, 1.165) is 6.07 Å². The lowest BCUT2D eigenvalue weighted by Crippen LogP contribution is -2.56. The van der Waals surface area contributed by atoms with E-state index in [0.29, 0.717) is 24.6 Å². The summed E-state index contributed by atoms with van der Waals surface area (Å²) in [6, 6.07) is 2.00. The molecular weight excluding hydrogens is 361 g/mol. The molecule has 146 valence electrons. The first-order valence-corrected chi connectivity index (χ1v) is 8.86. The Hall–Kier alpha value is -2.29. The molecule has 0 saturated carbocycles. The second kappa shape index (κ2) is 5.85. The first kappa shape index (κ1) is 18.1. The number of hydrazone groups is 1. The summed E-state index contributed by atoms with van der Waals surface area (Å²) < 4.78 is 46.9. The Bertz CT molecular complexity index is 833. The summed E-state index contributed by atoms with van der Waals surface area (Å²) in [5, 5.41) is 7.13. The maximum absolute atomic E-state index is 13.8. The van der Waals surface area contributed by atoms with Gasteiger partial charge in [0.05, 0.1) is 11.3 Å². The van der Waals surface area contributed by atoms with Crippen molar-refractivity contribution in [2.24, 2.45) is 10.5 Å². The number of halogens is 3. The number of benzene rings is 1. The van der Waals surface area contributed by atoms with Gasteiger partial charge in [-0.25, -0.2) is 5.43 Å². The highest BCUT2D eigenvalue weighted by molar-refractivity contribution is 6.09. The van der Waals surface area contributed by atoms with Gasteiger partial charge in [0.15, 0.2) is 5.84 Å². The summed E-state index contributed by atoms with van der Waals surface area (Å²) in [6.07, 6.45) is -4.49. The van der Waals surface area contributed by atoms with Crippen molar-refractivity contribution in [3.05, 3.63) is 23.3 Å². The van der Waals surface area contributed by atoms with Crippen LogP contribution in [0.25, 0.3) is 0 Å². The Morgan fingerprint density at radius 1 is 1.37 bits per heavy atom. The van der Waals surface area contributed by atoms with Crippen LogP contribution in [0.3, 0.4) is 0 Å². The molecule has 1 aromatic rings. The van der Waals surface area contributed by atoms with Gasteiger partial charge in [0.2, 0.25) is 0 Å². The predicted molar refractivity (Wildman–Crippen MR) is 93.8 cm³/mol. The van der Waals surface area contributed by atoms with E-state index in [1.807, 2.05) is 13.8 Å². The molecule has 0 aromatic heterocycles. The minimum Gasteiger partial charge on any atom is -0.483 e. The summed E-state index contributed by atoms with van der Waals surface area (Å²) in [6.45, 7) is 6.82. The average molecular weight is 382 g/mol. The number of rotatable bonds is 2. The third kappa shape index (κ3) is 2.75. The first-order valence-electron chi connectivity index (χ1n) is 8.86. The Kier molecular flexibility index (Phi) is 3.92. The third-order valence-corrected chi connectivity index (χ3v) is 5.96. The molecule has 0 radical (unpaired) electrons. The van der Waals surface area contributed by atoms with Crippen molar-refractivity contribution >= 4 is 17.4 Å². The van der Waals surface area contributed by atoms with Crippen LogP contribution in [0.1, 0.15) is 37.8 Å². The number of anilines is 1. The second-order valence-corrected chi connectivity index (χ2v) is 7.72. The van der Waals surface area contributed by atoms with Gasteiger partial charge in [0.1, 0.15) is 18.4 Å². The topological polar surface area (TPSA) is 66.0 Å². The van der Waals surface area contributed by atoms with Crippen LogP contribution in [0.2, 0.25) is 0 Å². The van der Waals surface area contributed by atoms with Crippen LogP contribution in [0.15, 0.2) is 17.2 Å². The highest BCUT2D eigenvalue weighted by atomic mass is 19.4. The summed E-state index contributed by atoms with van der Waals surface area (Å²) in [4.78, 5) is 13.7. The monoisotopic (exact) mass is 382 g/mol. The maximum atomic E-state index is 13.8. The molecule has 3 aliphatic rings. The Morgan fingerprint density at radius 3 is 2.67 bits per heavy atom. The summed E-state index contributed by atoms with van der Waals surface area (Å²) in [7, 11) is 0. The van der Waals surface area contributed by atoms with E-state index < -0.39 is 17.8 Å². The van der Waals surface area contributed by atoms with Crippen molar-refractivity contribution in [3.8, 4) is 5.75 Å². The van der Waals surface area contributed by atoms with Crippen LogP contribution >= 0.6 is 0 Å². The molecule has 1 saturated heterocycles. The van der Waals surface area contributed by atoms with Crippen LogP contribution in [-0.4, -0.2) is 37.5 Å². The molecule has 2 unspecified atom stereocenters. The fourth-order valence-electron chi connectivity index (χ4n) is 3.89. The predicted octanol–water partition coefficient (Wildman–Crippen LogP) is 2.45. The van der Waals surface area contributed by atoms with Gasteiger partial charge >= 0.3 is 6.18 Å². The van der Waals surface area contributed by atoms with E-state index >= 15 is 0 Å². The largest absolute Gasteiger partial charge is 0.483 e.